The summed E-state index contributed by atoms with van der Waals surface area (Å²) in [6.45, 7) is 3.44. The minimum absolute atomic E-state index is 0.000719. The molecule has 0 heterocycles. The van der Waals surface area contributed by atoms with Crippen molar-refractivity contribution in [2.45, 2.75) is 26.4 Å². The van der Waals surface area contributed by atoms with Gasteiger partial charge in [-0.2, -0.15) is 0 Å². The second-order valence-corrected chi connectivity index (χ2v) is 6.28. The summed E-state index contributed by atoms with van der Waals surface area (Å²) in [7, 11) is 6.79. The molecule has 0 spiro atoms. The topological polar surface area (TPSA) is 66.3 Å². The fourth-order valence-corrected chi connectivity index (χ4v) is 2.84. The molecule has 0 aliphatic heterocycles. The van der Waals surface area contributed by atoms with E-state index in [1.54, 1.807) is 19.2 Å². The Morgan fingerprint density at radius 3 is 2.07 bits per heavy atom. The number of benzene rings is 2. The van der Waals surface area contributed by atoms with Crippen molar-refractivity contribution in [3.8, 4) is 17.2 Å². The van der Waals surface area contributed by atoms with Gasteiger partial charge in [0.15, 0.2) is 17.5 Å². The molecule has 0 atom stereocenters. The number of nitrogens with zero attached hydrogens (tertiary/aromatic N) is 2. The fourth-order valence-electron chi connectivity index (χ4n) is 2.84. The normalized spacial score (nSPS) is 11.2. The zero-order chi connectivity index (χ0) is 19.8. The van der Waals surface area contributed by atoms with Crippen molar-refractivity contribution in [3.05, 3.63) is 53.1 Å². The predicted molar refractivity (Wildman–Crippen MR) is 109 cm³/mol. The van der Waals surface area contributed by atoms with E-state index in [1.165, 1.54) is 25.3 Å². The van der Waals surface area contributed by atoms with E-state index >= 15 is 0 Å². The molecule has 0 radical (unpaired) electrons. The van der Waals surface area contributed by atoms with E-state index < -0.39 is 0 Å². The minimum Gasteiger partial charge on any atom is -0.502 e. The number of hydrogen-bond acceptors (Lipinski definition) is 4. The van der Waals surface area contributed by atoms with Crippen LogP contribution >= 0.6 is 0 Å². The standard InChI is InChI=1S/C21H29N3O3/c1-6-15-7-9-16(10-8-15)14-24(3)21(22-2)23-13-17-11-18(26-4)20(25)19(12-17)27-5/h7-12,25H,6,13-14H2,1-5H3,(H,22,23). The van der Waals surface area contributed by atoms with Crippen molar-refractivity contribution < 1.29 is 14.6 Å². The fraction of sp³-hybridized carbons (Fsp3) is 0.381. The molecule has 0 unspecified atom stereocenters. The molecule has 6 heteroatoms. The Bertz CT molecular complexity index is 748. The minimum atomic E-state index is 0.000719. The molecule has 0 bridgehead atoms. The van der Waals surface area contributed by atoms with Gasteiger partial charge in [-0.05, 0) is 35.2 Å². The summed E-state index contributed by atoms with van der Waals surface area (Å²) in [5, 5.41) is 13.4. The van der Waals surface area contributed by atoms with E-state index in [2.05, 4.69) is 46.4 Å². The van der Waals surface area contributed by atoms with Crippen molar-refractivity contribution in [1.82, 2.24) is 10.2 Å². The van der Waals surface area contributed by atoms with Crippen LogP contribution in [0.1, 0.15) is 23.6 Å². The summed E-state index contributed by atoms with van der Waals surface area (Å²) in [4.78, 5) is 6.42. The summed E-state index contributed by atoms with van der Waals surface area (Å²) in [6, 6.07) is 12.2. The van der Waals surface area contributed by atoms with Gasteiger partial charge in [0, 0.05) is 27.2 Å². The van der Waals surface area contributed by atoms with Crippen LogP contribution in [0.3, 0.4) is 0 Å². The summed E-state index contributed by atoms with van der Waals surface area (Å²) >= 11 is 0. The monoisotopic (exact) mass is 371 g/mol. The van der Waals surface area contributed by atoms with Crippen molar-refractivity contribution in [2.75, 3.05) is 28.3 Å². The lowest BCUT2D eigenvalue weighted by atomic mass is 10.1. The summed E-state index contributed by atoms with van der Waals surface area (Å²) in [5.74, 6) is 1.54. The second-order valence-electron chi connectivity index (χ2n) is 6.28. The van der Waals surface area contributed by atoms with E-state index in [4.69, 9.17) is 9.47 Å². The molecular weight excluding hydrogens is 342 g/mol. The molecule has 0 aromatic heterocycles. The van der Waals surface area contributed by atoms with Crippen LogP contribution in [0.4, 0.5) is 0 Å². The first-order valence-corrected chi connectivity index (χ1v) is 8.95. The molecule has 0 saturated carbocycles. The van der Waals surface area contributed by atoms with Crippen LogP contribution in [0.25, 0.3) is 0 Å². The number of aliphatic imine (C=N–C) groups is 1. The van der Waals surface area contributed by atoms with Crippen molar-refractivity contribution in [2.24, 2.45) is 4.99 Å². The molecule has 6 nitrogen and oxygen atoms in total. The number of hydrogen-bond donors (Lipinski definition) is 2. The predicted octanol–water partition coefficient (Wildman–Crippen LogP) is 3.18. The van der Waals surface area contributed by atoms with Gasteiger partial charge in [-0.15, -0.1) is 0 Å². The molecule has 0 aliphatic carbocycles. The van der Waals surface area contributed by atoms with Gasteiger partial charge in [0.05, 0.1) is 14.2 Å². The van der Waals surface area contributed by atoms with Crippen molar-refractivity contribution in [3.63, 3.8) is 0 Å². The van der Waals surface area contributed by atoms with Crippen LogP contribution in [0.15, 0.2) is 41.4 Å². The van der Waals surface area contributed by atoms with Crippen LogP contribution in [-0.4, -0.2) is 44.3 Å². The SMILES string of the molecule is CCc1ccc(CN(C)C(=NC)NCc2cc(OC)c(O)c(OC)c2)cc1. The van der Waals surface area contributed by atoms with Gasteiger partial charge in [0.2, 0.25) is 5.75 Å². The molecule has 0 aliphatic rings. The number of phenolic OH excluding ortho intramolecular Hbond substituents is 1. The number of rotatable bonds is 7. The van der Waals surface area contributed by atoms with Gasteiger partial charge in [-0.3, -0.25) is 4.99 Å². The average Bonchev–Trinajstić information content (AvgIpc) is 2.69. The highest BCUT2D eigenvalue weighted by Gasteiger charge is 2.12. The Labute approximate surface area is 161 Å². The van der Waals surface area contributed by atoms with Gasteiger partial charge in [-0.25, -0.2) is 0 Å². The highest BCUT2D eigenvalue weighted by atomic mass is 16.5. The molecule has 2 aromatic carbocycles. The van der Waals surface area contributed by atoms with Crippen molar-refractivity contribution in [1.29, 1.82) is 0 Å². The van der Waals surface area contributed by atoms with Crippen molar-refractivity contribution >= 4 is 5.96 Å². The highest BCUT2D eigenvalue weighted by Crippen LogP contribution is 2.37. The average molecular weight is 371 g/mol. The molecule has 2 rings (SSSR count). The van der Waals surface area contributed by atoms with Crippen LogP contribution in [-0.2, 0) is 19.5 Å². The zero-order valence-corrected chi connectivity index (χ0v) is 16.7. The smallest absolute Gasteiger partial charge is 0.200 e. The van der Waals surface area contributed by atoms with Crippen LogP contribution in [0.5, 0.6) is 17.2 Å². The van der Waals surface area contributed by atoms with Gasteiger partial charge >= 0.3 is 0 Å². The summed E-state index contributed by atoms with van der Waals surface area (Å²) in [5.41, 5.74) is 3.48. The molecular formula is C21H29N3O3. The van der Waals surface area contributed by atoms with Gasteiger partial charge in [-0.1, -0.05) is 31.2 Å². The van der Waals surface area contributed by atoms with E-state index in [-0.39, 0.29) is 5.75 Å². The van der Waals surface area contributed by atoms with Gasteiger partial charge < -0.3 is 24.8 Å². The maximum atomic E-state index is 10.0. The largest absolute Gasteiger partial charge is 0.502 e. The zero-order valence-electron chi connectivity index (χ0n) is 16.7. The van der Waals surface area contributed by atoms with Crippen LogP contribution in [0.2, 0.25) is 0 Å². The van der Waals surface area contributed by atoms with Crippen LogP contribution in [0, 0.1) is 0 Å². The van der Waals surface area contributed by atoms with E-state index in [9.17, 15) is 5.11 Å². The Morgan fingerprint density at radius 1 is 1.04 bits per heavy atom. The number of guanidine groups is 1. The lowest BCUT2D eigenvalue weighted by Gasteiger charge is -2.22. The van der Waals surface area contributed by atoms with Gasteiger partial charge in [0.25, 0.3) is 0 Å². The Kier molecular flexibility index (Phi) is 7.34. The van der Waals surface area contributed by atoms with E-state index in [1.807, 2.05) is 7.05 Å². The third-order valence-electron chi connectivity index (χ3n) is 4.41. The number of aryl methyl sites for hydroxylation is 1. The molecule has 2 aromatic rings. The molecule has 0 saturated heterocycles. The summed E-state index contributed by atoms with van der Waals surface area (Å²) < 4.78 is 10.4. The second kappa shape index (κ2) is 9.71. The quantitative estimate of drug-likeness (QED) is 0.578. The number of nitrogens with one attached hydrogen (secondary N) is 1. The maximum Gasteiger partial charge on any atom is 0.200 e. The van der Waals surface area contributed by atoms with E-state index in [0.717, 1.165) is 24.5 Å². The summed E-state index contributed by atoms with van der Waals surface area (Å²) in [6.07, 6.45) is 1.04. The third-order valence-corrected chi connectivity index (χ3v) is 4.41. The molecule has 0 amide bonds. The lowest BCUT2D eigenvalue weighted by Crippen LogP contribution is -2.38. The number of phenols is 1. The first kappa shape index (κ1) is 20.4. The molecule has 0 fully saturated rings. The lowest BCUT2D eigenvalue weighted by molar-refractivity contribution is 0.339. The molecule has 27 heavy (non-hydrogen) atoms. The molecule has 146 valence electrons. The number of ether oxygens (including phenoxy) is 2. The molecule has 2 N–H and O–H groups in total. The first-order valence-electron chi connectivity index (χ1n) is 8.95. The Balaban J connectivity index is 2.04. The highest BCUT2D eigenvalue weighted by molar-refractivity contribution is 5.79. The van der Waals surface area contributed by atoms with Crippen LogP contribution < -0.4 is 14.8 Å². The third kappa shape index (κ3) is 5.29. The van der Waals surface area contributed by atoms with E-state index in [0.29, 0.717) is 18.0 Å². The first-order chi connectivity index (χ1) is 13.0. The Hall–Kier alpha value is -2.89. The maximum absolute atomic E-state index is 10.0. The number of methoxy groups -OCH3 is 2. The number of aromatic hydroxyl groups is 1. The Morgan fingerprint density at radius 2 is 1.59 bits per heavy atom. The van der Waals surface area contributed by atoms with Gasteiger partial charge in [0.1, 0.15) is 0 Å².